The van der Waals surface area contributed by atoms with Gasteiger partial charge in [-0.2, -0.15) is 4.31 Å². The molecule has 1 aliphatic heterocycles. The minimum absolute atomic E-state index is 0. The fourth-order valence-corrected chi connectivity index (χ4v) is 4.88. The molecule has 1 unspecified atom stereocenters. The van der Waals surface area contributed by atoms with Crippen LogP contribution in [0.15, 0.2) is 17.0 Å². The van der Waals surface area contributed by atoms with Gasteiger partial charge in [-0.25, -0.2) is 13.2 Å². The summed E-state index contributed by atoms with van der Waals surface area (Å²) in [5.41, 5.74) is -0.430. The minimum atomic E-state index is -3.96. The second-order valence-electron chi connectivity index (χ2n) is 6.52. The van der Waals surface area contributed by atoms with Crippen molar-refractivity contribution in [3.8, 4) is 0 Å². The van der Waals surface area contributed by atoms with Gasteiger partial charge in [0, 0.05) is 24.7 Å². The molecule has 158 valence electrons. The number of rotatable bonds is 7. The summed E-state index contributed by atoms with van der Waals surface area (Å²) in [6, 6.07) is 2.20. The van der Waals surface area contributed by atoms with Gasteiger partial charge in [0.1, 0.15) is 0 Å². The summed E-state index contributed by atoms with van der Waals surface area (Å²) >= 11 is 0. The van der Waals surface area contributed by atoms with Crippen LogP contribution in [0.5, 0.6) is 0 Å². The third-order valence-corrected chi connectivity index (χ3v) is 6.50. The summed E-state index contributed by atoms with van der Waals surface area (Å²) < 4.78 is 32.4. The summed E-state index contributed by atoms with van der Waals surface area (Å²) in [5, 5.41) is 14.4. The molecule has 1 heterocycles. The summed E-state index contributed by atoms with van der Waals surface area (Å²) in [6.07, 6.45) is 1.62. The van der Waals surface area contributed by atoms with Crippen molar-refractivity contribution in [2.75, 3.05) is 33.3 Å². The zero-order valence-electron chi connectivity index (χ0n) is 16.1. The number of carbonyl (C=O) groups excluding carboxylic acids is 1. The lowest BCUT2D eigenvalue weighted by atomic mass is 10.00. The Bertz CT molecular complexity index is 828. The maximum absolute atomic E-state index is 13.1. The Balaban J connectivity index is 0.00000392. The maximum Gasteiger partial charge on any atom is 0.338 e. The molecule has 0 amide bonds. The van der Waals surface area contributed by atoms with Crippen LogP contribution in [0.25, 0.3) is 0 Å². The van der Waals surface area contributed by atoms with E-state index in [2.05, 4.69) is 5.32 Å². The van der Waals surface area contributed by atoms with Gasteiger partial charge in [-0.15, -0.1) is 12.4 Å². The lowest BCUT2D eigenvalue weighted by Crippen LogP contribution is -2.42. The lowest BCUT2D eigenvalue weighted by molar-refractivity contribution is -0.385. The van der Waals surface area contributed by atoms with Crippen LogP contribution < -0.4 is 5.32 Å². The van der Waals surface area contributed by atoms with Crippen molar-refractivity contribution in [1.29, 1.82) is 0 Å². The first-order valence-corrected chi connectivity index (χ1v) is 10.3. The number of benzene rings is 1. The Hall–Kier alpha value is -1.75. The van der Waals surface area contributed by atoms with Gasteiger partial charge in [-0.1, -0.05) is 0 Å². The molecule has 0 saturated carbocycles. The van der Waals surface area contributed by atoms with Crippen LogP contribution in [0.3, 0.4) is 0 Å². The first kappa shape index (κ1) is 24.3. The molecule has 0 aromatic heterocycles. The third-order valence-electron chi connectivity index (χ3n) is 4.66. The molecule has 0 bridgehead atoms. The number of piperidine rings is 1. The normalized spacial score (nSPS) is 17.6. The highest BCUT2D eigenvalue weighted by molar-refractivity contribution is 7.89. The van der Waals surface area contributed by atoms with E-state index in [4.69, 9.17) is 4.74 Å². The Morgan fingerprint density at radius 1 is 1.43 bits per heavy atom. The minimum Gasteiger partial charge on any atom is -0.462 e. The number of carbonyl (C=O) groups is 1. The monoisotopic (exact) mass is 435 g/mol. The van der Waals surface area contributed by atoms with Crippen molar-refractivity contribution in [3.05, 3.63) is 33.4 Å². The van der Waals surface area contributed by atoms with Crippen molar-refractivity contribution >= 4 is 34.1 Å². The number of hydrogen-bond donors (Lipinski definition) is 1. The molecular weight excluding hydrogens is 410 g/mol. The van der Waals surface area contributed by atoms with Crippen LogP contribution >= 0.6 is 12.4 Å². The molecule has 1 saturated heterocycles. The fourth-order valence-electron chi connectivity index (χ4n) is 3.28. The fraction of sp³-hybridized carbons (Fsp3) is 0.588. The van der Waals surface area contributed by atoms with E-state index < -0.39 is 26.6 Å². The molecule has 0 spiro atoms. The Morgan fingerprint density at radius 3 is 2.68 bits per heavy atom. The number of nitro benzene ring substituents is 1. The van der Waals surface area contributed by atoms with E-state index in [1.807, 2.05) is 7.05 Å². The average molecular weight is 436 g/mol. The van der Waals surface area contributed by atoms with E-state index in [-0.39, 0.29) is 41.0 Å². The van der Waals surface area contributed by atoms with Crippen LogP contribution in [0.4, 0.5) is 5.69 Å². The molecule has 2 rings (SSSR count). The van der Waals surface area contributed by atoms with E-state index in [1.54, 1.807) is 6.92 Å². The highest BCUT2D eigenvalue weighted by atomic mass is 35.5. The Morgan fingerprint density at radius 2 is 2.11 bits per heavy atom. The molecular formula is C17H26ClN3O6S. The van der Waals surface area contributed by atoms with Gasteiger partial charge in [0.05, 0.1) is 22.0 Å². The molecule has 0 radical (unpaired) electrons. The van der Waals surface area contributed by atoms with Crippen LogP contribution in [0.2, 0.25) is 0 Å². The first-order valence-electron chi connectivity index (χ1n) is 8.83. The number of ether oxygens (including phenoxy) is 1. The number of hydrogen-bond acceptors (Lipinski definition) is 7. The summed E-state index contributed by atoms with van der Waals surface area (Å²) in [4.78, 5) is 22.6. The first-order chi connectivity index (χ1) is 12.7. The molecule has 1 fully saturated rings. The molecule has 1 aromatic rings. The van der Waals surface area contributed by atoms with E-state index in [1.165, 1.54) is 17.3 Å². The number of halogens is 1. The number of nitrogens with zero attached hydrogens (tertiary/aromatic N) is 2. The quantitative estimate of drug-likeness (QED) is 0.395. The highest BCUT2D eigenvalue weighted by Gasteiger charge is 2.33. The third kappa shape index (κ3) is 5.19. The van der Waals surface area contributed by atoms with E-state index in [0.717, 1.165) is 12.5 Å². The van der Waals surface area contributed by atoms with E-state index in [0.29, 0.717) is 26.1 Å². The van der Waals surface area contributed by atoms with Gasteiger partial charge >= 0.3 is 5.97 Å². The summed E-state index contributed by atoms with van der Waals surface area (Å²) in [7, 11) is -2.16. The average Bonchev–Trinajstić information content (AvgIpc) is 2.62. The smallest absolute Gasteiger partial charge is 0.338 e. The summed E-state index contributed by atoms with van der Waals surface area (Å²) in [6.45, 7) is 4.47. The van der Waals surface area contributed by atoms with E-state index in [9.17, 15) is 23.3 Å². The van der Waals surface area contributed by atoms with Crippen molar-refractivity contribution in [1.82, 2.24) is 9.62 Å². The van der Waals surface area contributed by atoms with Crippen molar-refractivity contribution in [3.63, 3.8) is 0 Å². The van der Waals surface area contributed by atoms with Crippen molar-refractivity contribution in [2.45, 2.75) is 31.6 Å². The predicted octanol–water partition coefficient (Wildman–Crippen LogP) is 2.12. The number of sulfonamides is 1. The summed E-state index contributed by atoms with van der Waals surface area (Å²) in [5.74, 6) is -0.606. The Labute approximate surface area is 171 Å². The maximum atomic E-state index is 13.1. The van der Waals surface area contributed by atoms with Crippen LogP contribution in [0, 0.1) is 23.0 Å². The van der Waals surface area contributed by atoms with Crippen LogP contribution in [0.1, 0.15) is 35.7 Å². The van der Waals surface area contributed by atoms with Gasteiger partial charge < -0.3 is 10.1 Å². The molecule has 1 aliphatic rings. The van der Waals surface area contributed by atoms with Gasteiger partial charge in [-0.05, 0) is 52.3 Å². The molecule has 0 aliphatic carbocycles. The van der Waals surface area contributed by atoms with Crippen molar-refractivity contribution < 1.29 is 22.9 Å². The van der Waals surface area contributed by atoms with Gasteiger partial charge in [0.25, 0.3) is 5.69 Å². The SMILES string of the molecule is CCOC(=O)c1cc(S(=O)(=O)N2CCCC(CNC)C2)cc([N+](=O)[O-])c1C.Cl. The zero-order valence-corrected chi connectivity index (χ0v) is 17.8. The second kappa shape index (κ2) is 10.1. The van der Waals surface area contributed by atoms with Gasteiger partial charge in [-0.3, -0.25) is 10.1 Å². The molecule has 28 heavy (non-hydrogen) atoms. The molecule has 9 nitrogen and oxygen atoms in total. The van der Waals surface area contributed by atoms with Crippen LogP contribution in [-0.4, -0.2) is 56.9 Å². The molecule has 1 atom stereocenters. The van der Waals surface area contributed by atoms with Crippen LogP contribution in [-0.2, 0) is 14.8 Å². The van der Waals surface area contributed by atoms with E-state index >= 15 is 0 Å². The number of nitro groups is 1. The second-order valence-corrected chi connectivity index (χ2v) is 8.46. The molecule has 1 N–H and O–H groups in total. The predicted molar refractivity (Wildman–Crippen MR) is 106 cm³/mol. The Kier molecular flexibility index (Phi) is 8.80. The zero-order chi connectivity index (χ0) is 20.2. The largest absolute Gasteiger partial charge is 0.462 e. The number of nitrogens with one attached hydrogen (secondary N) is 1. The van der Waals surface area contributed by atoms with Crippen molar-refractivity contribution in [2.24, 2.45) is 5.92 Å². The molecule has 11 heteroatoms. The molecule has 1 aromatic carbocycles. The topological polar surface area (TPSA) is 119 Å². The number of esters is 1. The highest BCUT2D eigenvalue weighted by Crippen LogP contribution is 2.30. The standard InChI is InChI=1S/C17H25N3O6S.ClH/c1-4-26-17(21)15-8-14(9-16(12(15)2)20(22)23)27(24,25)19-7-5-6-13(11-19)10-18-3;/h8-9,13,18H,4-7,10-11H2,1-3H3;1H. The lowest BCUT2D eigenvalue weighted by Gasteiger charge is -2.32. The van der Waals surface area contributed by atoms with Gasteiger partial charge in [0.2, 0.25) is 10.0 Å². The van der Waals surface area contributed by atoms with Gasteiger partial charge in [0.15, 0.2) is 0 Å².